The van der Waals surface area contributed by atoms with E-state index in [-0.39, 0.29) is 5.91 Å². The Labute approximate surface area is 127 Å². The second-order valence-electron chi connectivity index (χ2n) is 5.32. The van der Waals surface area contributed by atoms with E-state index in [0.29, 0.717) is 36.8 Å². The van der Waals surface area contributed by atoms with Crippen LogP contribution in [0.15, 0.2) is 59.0 Å². The van der Waals surface area contributed by atoms with Crippen LogP contribution in [0.3, 0.4) is 0 Å². The molecule has 2 aromatic carbocycles. The average Bonchev–Trinajstić information content (AvgIpc) is 2.86. The Bertz CT molecular complexity index is 823. The molecule has 0 fully saturated rings. The van der Waals surface area contributed by atoms with Crippen molar-refractivity contribution in [3.8, 4) is 5.75 Å². The predicted molar refractivity (Wildman–Crippen MR) is 82.9 cm³/mol. The fourth-order valence-electron chi connectivity index (χ4n) is 2.76. The van der Waals surface area contributed by atoms with Gasteiger partial charge in [0.05, 0.1) is 11.9 Å². The first kappa shape index (κ1) is 13.0. The van der Waals surface area contributed by atoms with E-state index in [1.165, 1.54) is 0 Å². The molecule has 0 N–H and O–H groups in total. The Hall–Kier alpha value is -2.75. The van der Waals surface area contributed by atoms with E-state index in [1.54, 1.807) is 4.90 Å². The number of amides is 1. The number of nitrogens with zero attached hydrogens (tertiary/aromatic N) is 1. The molecule has 0 unspecified atom stereocenters. The number of hydrogen-bond donors (Lipinski definition) is 0. The lowest BCUT2D eigenvalue weighted by Crippen LogP contribution is -2.31. The van der Waals surface area contributed by atoms with Crippen LogP contribution < -0.4 is 4.74 Å². The molecule has 0 aliphatic carbocycles. The van der Waals surface area contributed by atoms with Crippen LogP contribution in [0.2, 0.25) is 0 Å². The lowest BCUT2D eigenvalue weighted by Gasteiger charge is -2.19. The number of fused-ring (bicyclic) bond motifs is 3. The first-order valence-corrected chi connectivity index (χ1v) is 7.30. The highest BCUT2D eigenvalue weighted by Crippen LogP contribution is 2.35. The van der Waals surface area contributed by atoms with Crippen molar-refractivity contribution in [2.45, 2.75) is 6.54 Å². The lowest BCUT2D eigenvalue weighted by atomic mass is 10.2. The molecule has 4 heteroatoms. The molecule has 22 heavy (non-hydrogen) atoms. The van der Waals surface area contributed by atoms with Gasteiger partial charge < -0.3 is 14.1 Å². The first-order chi connectivity index (χ1) is 10.8. The van der Waals surface area contributed by atoms with Crippen LogP contribution in [-0.2, 0) is 6.54 Å². The Morgan fingerprint density at radius 1 is 1.00 bits per heavy atom. The van der Waals surface area contributed by atoms with Crippen LogP contribution in [0, 0.1) is 0 Å². The number of para-hydroxylation sites is 1. The summed E-state index contributed by atoms with van der Waals surface area (Å²) in [4.78, 5) is 14.5. The van der Waals surface area contributed by atoms with Crippen LogP contribution in [0.1, 0.15) is 16.1 Å². The number of furan rings is 1. The summed E-state index contributed by atoms with van der Waals surface area (Å²) in [5.74, 6) is 0.748. The third-order valence-corrected chi connectivity index (χ3v) is 3.86. The molecule has 4 rings (SSSR count). The molecule has 1 aliphatic rings. The highest BCUT2D eigenvalue weighted by Gasteiger charge is 2.29. The van der Waals surface area contributed by atoms with E-state index in [0.717, 1.165) is 10.9 Å². The van der Waals surface area contributed by atoms with Crippen molar-refractivity contribution in [1.82, 2.24) is 4.90 Å². The van der Waals surface area contributed by atoms with E-state index in [1.807, 2.05) is 54.6 Å². The maximum Gasteiger partial charge on any atom is 0.293 e. The number of benzene rings is 2. The van der Waals surface area contributed by atoms with Crippen LogP contribution in [0.25, 0.3) is 11.0 Å². The Kier molecular flexibility index (Phi) is 3.07. The van der Waals surface area contributed by atoms with Crippen LogP contribution in [0.5, 0.6) is 5.75 Å². The molecular weight excluding hydrogens is 278 g/mol. The summed E-state index contributed by atoms with van der Waals surface area (Å²) in [5, 5.41) is 0.854. The van der Waals surface area contributed by atoms with E-state index < -0.39 is 0 Å². The van der Waals surface area contributed by atoms with Gasteiger partial charge in [-0.3, -0.25) is 4.79 Å². The molecule has 3 aromatic rings. The Morgan fingerprint density at radius 3 is 2.64 bits per heavy atom. The molecule has 2 heterocycles. The Balaban J connectivity index is 1.71. The molecule has 1 amide bonds. The second kappa shape index (κ2) is 5.22. The third kappa shape index (κ3) is 2.13. The van der Waals surface area contributed by atoms with Crippen molar-refractivity contribution in [3.05, 3.63) is 65.9 Å². The monoisotopic (exact) mass is 293 g/mol. The Morgan fingerprint density at radius 2 is 1.77 bits per heavy atom. The largest absolute Gasteiger partial charge is 0.487 e. The van der Waals surface area contributed by atoms with Crippen molar-refractivity contribution >= 4 is 16.9 Å². The summed E-state index contributed by atoms with van der Waals surface area (Å²) in [5.41, 5.74) is 1.78. The van der Waals surface area contributed by atoms with E-state index >= 15 is 0 Å². The van der Waals surface area contributed by atoms with Crippen LogP contribution in [-0.4, -0.2) is 24.0 Å². The fraction of sp³-hybridized carbons (Fsp3) is 0.167. The van der Waals surface area contributed by atoms with Gasteiger partial charge in [0.1, 0.15) is 12.2 Å². The van der Waals surface area contributed by atoms with Crippen molar-refractivity contribution in [2.24, 2.45) is 0 Å². The molecule has 0 radical (unpaired) electrons. The number of ether oxygens (including phenoxy) is 1. The zero-order valence-corrected chi connectivity index (χ0v) is 12.0. The smallest absolute Gasteiger partial charge is 0.293 e. The van der Waals surface area contributed by atoms with Gasteiger partial charge in [-0.05, 0) is 17.7 Å². The molecule has 1 aliphatic heterocycles. The van der Waals surface area contributed by atoms with Gasteiger partial charge in [0.15, 0.2) is 5.75 Å². The van der Waals surface area contributed by atoms with Gasteiger partial charge >= 0.3 is 0 Å². The van der Waals surface area contributed by atoms with Gasteiger partial charge in [-0.15, -0.1) is 0 Å². The molecule has 4 nitrogen and oxygen atoms in total. The van der Waals surface area contributed by atoms with Gasteiger partial charge in [-0.1, -0.05) is 42.5 Å². The van der Waals surface area contributed by atoms with E-state index in [2.05, 4.69) is 0 Å². The maximum atomic E-state index is 12.8. The molecule has 0 saturated carbocycles. The van der Waals surface area contributed by atoms with Crippen molar-refractivity contribution in [1.29, 1.82) is 0 Å². The number of hydrogen-bond acceptors (Lipinski definition) is 3. The van der Waals surface area contributed by atoms with Gasteiger partial charge in [-0.25, -0.2) is 0 Å². The van der Waals surface area contributed by atoms with Crippen LogP contribution in [0.4, 0.5) is 0 Å². The van der Waals surface area contributed by atoms with Gasteiger partial charge in [0.25, 0.3) is 5.91 Å². The topological polar surface area (TPSA) is 42.7 Å². The summed E-state index contributed by atoms with van der Waals surface area (Å²) < 4.78 is 11.5. The third-order valence-electron chi connectivity index (χ3n) is 3.86. The summed E-state index contributed by atoms with van der Waals surface area (Å²) in [6.45, 7) is 1.57. The molecule has 0 saturated heterocycles. The lowest BCUT2D eigenvalue weighted by molar-refractivity contribution is 0.0717. The standard InChI is InChI=1S/C18H15NO3/c20-18-17-16(14-8-4-5-9-15(14)22-17)21-11-10-19(18)12-13-6-2-1-3-7-13/h1-9H,10-12H2. The van der Waals surface area contributed by atoms with Crippen LogP contribution >= 0.6 is 0 Å². The molecule has 0 spiro atoms. The zero-order chi connectivity index (χ0) is 14.9. The summed E-state index contributed by atoms with van der Waals surface area (Å²) in [6.07, 6.45) is 0. The minimum atomic E-state index is -0.118. The second-order valence-corrected chi connectivity index (χ2v) is 5.32. The maximum absolute atomic E-state index is 12.8. The number of rotatable bonds is 2. The quantitative estimate of drug-likeness (QED) is 0.726. The van der Waals surface area contributed by atoms with E-state index in [9.17, 15) is 4.79 Å². The van der Waals surface area contributed by atoms with Crippen molar-refractivity contribution < 1.29 is 13.9 Å². The highest BCUT2D eigenvalue weighted by molar-refractivity contribution is 6.01. The van der Waals surface area contributed by atoms with Gasteiger partial charge in [0.2, 0.25) is 5.76 Å². The zero-order valence-electron chi connectivity index (χ0n) is 12.0. The predicted octanol–water partition coefficient (Wildman–Crippen LogP) is 3.47. The minimum absolute atomic E-state index is 0.118. The molecule has 110 valence electrons. The highest BCUT2D eigenvalue weighted by atomic mass is 16.5. The summed E-state index contributed by atoms with van der Waals surface area (Å²) in [6, 6.07) is 17.5. The first-order valence-electron chi connectivity index (χ1n) is 7.30. The van der Waals surface area contributed by atoms with Gasteiger partial charge in [-0.2, -0.15) is 0 Å². The number of carbonyl (C=O) groups is 1. The molecule has 0 bridgehead atoms. The summed E-state index contributed by atoms with van der Waals surface area (Å²) >= 11 is 0. The molecule has 1 aromatic heterocycles. The summed E-state index contributed by atoms with van der Waals surface area (Å²) in [7, 11) is 0. The minimum Gasteiger partial charge on any atom is -0.487 e. The molecular formula is C18H15NO3. The SMILES string of the molecule is O=C1c2oc3ccccc3c2OCCN1Cc1ccccc1. The average molecular weight is 293 g/mol. The van der Waals surface area contributed by atoms with Gasteiger partial charge in [0, 0.05) is 6.54 Å². The number of carbonyl (C=O) groups excluding carboxylic acids is 1. The fourth-order valence-corrected chi connectivity index (χ4v) is 2.76. The van der Waals surface area contributed by atoms with Crippen molar-refractivity contribution in [3.63, 3.8) is 0 Å². The normalized spacial score (nSPS) is 14.5. The molecule has 0 atom stereocenters. The van der Waals surface area contributed by atoms with Crippen molar-refractivity contribution in [2.75, 3.05) is 13.2 Å². The van der Waals surface area contributed by atoms with E-state index in [4.69, 9.17) is 9.15 Å².